The molecule has 2 aromatic rings. The molecule has 0 aliphatic rings. The summed E-state index contributed by atoms with van der Waals surface area (Å²) in [4.78, 5) is 10.1. The van der Waals surface area contributed by atoms with E-state index in [0.717, 1.165) is 11.5 Å². The van der Waals surface area contributed by atoms with Crippen LogP contribution in [0.15, 0.2) is 34.4 Å². The molecule has 0 spiro atoms. The third-order valence-corrected chi connectivity index (χ3v) is 4.00. The number of anilines is 1. The maximum absolute atomic E-state index is 10.5. The van der Waals surface area contributed by atoms with Gasteiger partial charge in [-0.3, -0.25) is 15.5 Å². The zero-order valence-electron chi connectivity index (χ0n) is 10.8. The Morgan fingerprint density at radius 1 is 1.52 bits per heavy atom. The van der Waals surface area contributed by atoms with E-state index in [1.54, 1.807) is 12.1 Å². The molecule has 0 atom stereocenters. The van der Waals surface area contributed by atoms with Crippen LogP contribution in [0.1, 0.15) is 11.1 Å². The number of non-ortho nitro benzene ring substituents is 1. The van der Waals surface area contributed by atoms with Crippen LogP contribution in [-0.2, 0) is 0 Å². The Kier molecular flexibility index (Phi) is 4.86. The number of nitriles is 1. The fraction of sp³-hybridized carbons (Fsp3) is 0.0833. The van der Waals surface area contributed by atoms with Crippen molar-refractivity contribution in [2.75, 3.05) is 11.7 Å². The number of nitrogens with one attached hydrogen (secondary N) is 1. The SMILES string of the molecule is CSc1nsc(N/N=C/c2ccc([N+](=O)[O-])cc2)c1C#N. The van der Waals surface area contributed by atoms with Gasteiger partial charge in [0.1, 0.15) is 21.7 Å². The summed E-state index contributed by atoms with van der Waals surface area (Å²) in [5, 5.41) is 24.8. The first-order valence-electron chi connectivity index (χ1n) is 5.63. The molecule has 0 fully saturated rings. The van der Waals surface area contributed by atoms with E-state index in [2.05, 4.69) is 21.0 Å². The van der Waals surface area contributed by atoms with Gasteiger partial charge >= 0.3 is 0 Å². The number of hydrogen-bond acceptors (Lipinski definition) is 8. The van der Waals surface area contributed by atoms with E-state index in [1.807, 2.05) is 6.26 Å². The summed E-state index contributed by atoms with van der Waals surface area (Å²) < 4.78 is 4.13. The molecule has 1 aromatic heterocycles. The van der Waals surface area contributed by atoms with Gasteiger partial charge in [0.05, 0.1) is 11.1 Å². The van der Waals surface area contributed by atoms with Gasteiger partial charge in [0.25, 0.3) is 5.69 Å². The van der Waals surface area contributed by atoms with E-state index < -0.39 is 4.92 Å². The van der Waals surface area contributed by atoms with Crippen molar-refractivity contribution in [2.45, 2.75) is 5.03 Å². The number of nitro benzene ring substituents is 1. The van der Waals surface area contributed by atoms with Gasteiger partial charge in [-0.25, -0.2) is 0 Å². The fourth-order valence-electron chi connectivity index (χ4n) is 1.44. The molecule has 0 saturated heterocycles. The molecule has 0 aliphatic carbocycles. The molecule has 2 rings (SSSR count). The fourth-order valence-corrected chi connectivity index (χ4v) is 2.86. The van der Waals surface area contributed by atoms with Crippen molar-refractivity contribution >= 4 is 40.2 Å². The number of aromatic nitrogens is 1. The summed E-state index contributed by atoms with van der Waals surface area (Å²) in [6.07, 6.45) is 3.36. The number of rotatable bonds is 5. The molecule has 106 valence electrons. The van der Waals surface area contributed by atoms with Crippen LogP contribution < -0.4 is 5.43 Å². The van der Waals surface area contributed by atoms with Crippen molar-refractivity contribution in [3.63, 3.8) is 0 Å². The van der Waals surface area contributed by atoms with E-state index in [0.29, 0.717) is 21.2 Å². The molecule has 0 saturated carbocycles. The lowest BCUT2D eigenvalue weighted by Crippen LogP contribution is -1.92. The Labute approximate surface area is 128 Å². The molecule has 21 heavy (non-hydrogen) atoms. The second-order valence-corrected chi connectivity index (χ2v) is 5.29. The van der Waals surface area contributed by atoms with E-state index in [4.69, 9.17) is 5.26 Å². The van der Waals surface area contributed by atoms with Gasteiger partial charge in [-0.05, 0) is 35.5 Å². The molecule has 0 aliphatic heterocycles. The zero-order chi connectivity index (χ0) is 15.2. The van der Waals surface area contributed by atoms with Crippen LogP contribution in [0.4, 0.5) is 10.7 Å². The minimum absolute atomic E-state index is 0.0268. The minimum Gasteiger partial charge on any atom is -0.266 e. The van der Waals surface area contributed by atoms with Gasteiger partial charge in [0.15, 0.2) is 0 Å². The van der Waals surface area contributed by atoms with Crippen LogP contribution in [0.5, 0.6) is 0 Å². The Balaban J connectivity index is 2.07. The second-order valence-electron chi connectivity index (χ2n) is 3.73. The summed E-state index contributed by atoms with van der Waals surface area (Å²) in [6.45, 7) is 0. The molecule has 1 aromatic carbocycles. The average molecular weight is 319 g/mol. The molecule has 7 nitrogen and oxygen atoms in total. The number of thioether (sulfide) groups is 1. The highest BCUT2D eigenvalue weighted by Crippen LogP contribution is 2.29. The summed E-state index contributed by atoms with van der Waals surface area (Å²) in [7, 11) is 0. The Bertz CT molecular complexity index is 718. The normalized spacial score (nSPS) is 10.5. The topological polar surface area (TPSA) is 104 Å². The Hall–Kier alpha value is -2.44. The smallest absolute Gasteiger partial charge is 0.266 e. The van der Waals surface area contributed by atoms with Crippen molar-refractivity contribution in [1.82, 2.24) is 4.37 Å². The lowest BCUT2D eigenvalue weighted by Gasteiger charge is -1.96. The molecular weight excluding hydrogens is 310 g/mol. The Morgan fingerprint density at radius 3 is 2.81 bits per heavy atom. The molecule has 0 bridgehead atoms. The van der Waals surface area contributed by atoms with Crippen LogP contribution in [0, 0.1) is 21.4 Å². The zero-order valence-corrected chi connectivity index (χ0v) is 12.4. The van der Waals surface area contributed by atoms with Crippen molar-refractivity contribution in [2.24, 2.45) is 5.10 Å². The summed E-state index contributed by atoms with van der Waals surface area (Å²) in [6, 6.07) is 8.07. The first-order valence-corrected chi connectivity index (χ1v) is 7.63. The van der Waals surface area contributed by atoms with Crippen molar-refractivity contribution in [3.8, 4) is 6.07 Å². The quantitative estimate of drug-likeness (QED) is 0.393. The van der Waals surface area contributed by atoms with E-state index in [9.17, 15) is 10.1 Å². The molecule has 1 N–H and O–H groups in total. The third kappa shape index (κ3) is 3.56. The Morgan fingerprint density at radius 2 is 2.24 bits per heavy atom. The highest BCUT2D eigenvalue weighted by atomic mass is 32.2. The molecule has 0 radical (unpaired) electrons. The first kappa shape index (κ1) is 15.0. The molecule has 0 unspecified atom stereocenters. The maximum Gasteiger partial charge on any atom is 0.269 e. The molecule has 0 amide bonds. The summed E-state index contributed by atoms with van der Waals surface area (Å²) in [5.74, 6) is 0. The number of hydrogen-bond donors (Lipinski definition) is 1. The monoisotopic (exact) mass is 319 g/mol. The second kappa shape index (κ2) is 6.83. The number of hydrazone groups is 1. The van der Waals surface area contributed by atoms with Gasteiger partial charge in [-0.2, -0.15) is 14.7 Å². The largest absolute Gasteiger partial charge is 0.269 e. The third-order valence-electron chi connectivity index (χ3n) is 2.45. The summed E-state index contributed by atoms with van der Waals surface area (Å²) in [5.41, 5.74) is 3.96. The van der Waals surface area contributed by atoms with Crippen LogP contribution >= 0.6 is 23.3 Å². The van der Waals surface area contributed by atoms with Gasteiger partial charge in [0.2, 0.25) is 0 Å². The highest BCUT2D eigenvalue weighted by Gasteiger charge is 2.11. The number of nitro groups is 1. The van der Waals surface area contributed by atoms with Gasteiger partial charge in [0, 0.05) is 12.1 Å². The number of benzene rings is 1. The van der Waals surface area contributed by atoms with E-state index in [-0.39, 0.29) is 5.69 Å². The number of nitrogens with zero attached hydrogens (tertiary/aromatic N) is 4. The highest BCUT2D eigenvalue weighted by molar-refractivity contribution is 7.98. The predicted molar refractivity (Wildman–Crippen MR) is 82.9 cm³/mol. The minimum atomic E-state index is -0.459. The average Bonchev–Trinajstić information content (AvgIpc) is 2.89. The van der Waals surface area contributed by atoms with Gasteiger partial charge in [-0.1, -0.05) is 0 Å². The van der Waals surface area contributed by atoms with Gasteiger partial charge < -0.3 is 0 Å². The van der Waals surface area contributed by atoms with Crippen LogP contribution in [0.25, 0.3) is 0 Å². The predicted octanol–water partition coefficient (Wildman–Crippen LogP) is 3.09. The van der Waals surface area contributed by atoms with Crippen LogP contribution in [0.3, 0.4) is 0 Å². The standard InChI is InChI=1S/C12H9N5O2S2/c1-20-12-10(6-13)11(21-16-12)15-14-7-8-2-4-9(5-3-8)17(18)19/h2-5,7,15H,1H3/b14-7+. The lowest BCUT2D eigenvalue weighted by molar-refractivity contribution is -0.384. The van der Waals surface area contributed by atoms with Crippen molar-refractivity contribution in [1.29, 1.82) is 5.26 Å². The lowest BCUT2D eigenvalue weighted by atomic mass is 10.2. The molecule has 1 heterocycles. The van der Waals surface area contributed by atoms with Crippen LogP contribution in [0.2, 0.25) is 0 Å². The van der Waals surface area contributed by atoms with Crippen LogP contribution in [-0.4, -0.2) is 21.8 Å². The maximum atomic E-state index is 10.5. The first-order chi connectivity index (χ1) is 10.2. The van der Waals surface area contributed by atoms with E-state index in [1.165, 1.54) is 30.1 Å². The van der Waals surface area contributed by atoms with E-state index >= 15 is 0 Å². The molecular formula is C12H9N5O2S2. The summed E-state index contributed by atoms with van der Waals surface area (Å²) >= 11 is 2.56. The van der Waals surface area contributed by atoms with Gasteiger partial charge in [-0.15, -0.1) is 11.8 Å². The van der Waals surface area contributed by atoms with Crippen molar-refractivity contribution in [3.05, 3.63) is 45.5 Å². The molecule has 9 heteroatoms. The van der Waals surface area contributed by atoms with Crippen molar-refractivity contribution < 1.29 is 4.92 Å².